The van der Waals surface area contributed by atoms with Crippen LogP contribution in [0.4, 0.5) is 5.69 Å². The summed E-state index contributed by atoms with van der Waals surface area (Å²) in [6, 6.07) is 11.5. The Hall–Kier alpha value is -2.34. The van der Waals surface area contributed by atoms with Crippen LogP contribution in [0, 0.1) is 6.92 Å². The Bertz CT molecular complexity index is 983. The Labute approximate surface area is 167 Å². The van der Waals surface area contributed by atoms with E-state index in [4.69, 9.17) is 0 Å². The third kappa shape index (κ3) is 4.73. The number of amides is 1. The summed E-state index contributed by atoms with van der Waals surface area (Å²) in [6.07, 6.45) is 6.59. The first-order valence-electron chi connectivity index (χ1n) is 9.78. The van der Waals surface area contributed by atoms with Crippen molar-refractivity contribution in [3.8, 4) is 0 Å². The predicted molar refractivity (Wildman–Crippen MR) is 113 cm³/mol. The van der Waals surface area contributed by atoms with Crippen LogP contribution in [0.1, 0.15) is 64.8 Å². The molecule has 6 heteroatoms. The standard InChI is InChI=1S/C22H28N2O3S/c1-4-20(18-13-12-16-8-5-6-9-17(16)14-18)23-22(25)19-10-7-11-21(15(19)2)24-28(3,26)27/h7,10-14,20,24H,4-6,8-9H2,1-3H3,(H,23,25). The molecule has 28 heavy (non-hydrogen) atoms. The molecule has 5 nitrogen and oxygen atoms in total. The van der Waals surface area contributed by atoms with Gasteiger partial charge in [0, 0.05) is 5.56 Å². The van der Waals surface area contributed by atoms with Gasteiger partial charge in [-0.25, -0.2) is 8.42 Å². The van der Waals surface area contributed by atoms with Crippen molar-refractivity contribution >= 4 is 21.6 Å². The smallest absolute Gasteiger partial charge is 0.252 e. The van der Waals surface area contributed by atoms with Crippen molar-refractivity contribution in [2.45, 2.75) is 52.0 Å². The van der Waals surface area contributed by atoms with E-state index >= 15 is 0 Å². The van der Waals surface area contributed by atoms with Crippen molar-refractivity contribution in [3.63, 3.8) is 0 Å². The fraction of sp³-hybridized carbons (Fsp3) is 0.409. The predicted octanol–water partition coefficient (Wildman–Crippen LogP) is 4.13. The molecule has 0 saturated heterocycles. The van der Waals surface area contributed by atoms with E-state index in [9.17, 15) is 13.2 Å². The molecule has 2 aromatic rings. The first kappa shape index (κ1) is 20.4. The third-order valence-electron chi connectivity index (χ3n) is 5.36. The molecular formula is C22H28N2O3S. The maximum atomic E-state index is 12.9. The Morgan fingerprint density at radius 3 is 2.50 bits per heavy atom. The number of hydrogen-bond donors (Lipinski definition) is 2. The Balaban J connectivity index is 1.82. The molecule has 0 heterocycles. The van der Waals surface area contributed by atoms with Gasteiger partial charge in [0.2, 0.25) is 10.0 Å². The molecule has 2 aromatic carbocycles. The Morgan fingerprint density at radius 1 is 1.11 bits per heavy atom. The lowest BCUT2D eigenvalue weighted by molar-refractivity contribution is 0.0935. The molecule has 1 unspecified atom stereocenters. The van der Waals surface area contributed by atoms with Gasteiger partial charge < -0.3 is 5.32 Å². The maximum Gasteiger partial charge on any atom is 0.252 e. The summed E-state index contributed by atoms with van der Waals surface area (Å²) in [7, 11) is -3.40. The fourth-order valence-electron chi connectivity index (χ4n) is 3.82. The monoisotopic (exact) mass is 400 g/mol. The van der Waals surface area contributed by atoms with E-state index in [0.717, 1.165) is 31.1 Å². The maximum absolute atomic E-state index is 12.9. The van der Waals surface area contributed by atoms with Gasteiger partial charge in [-0.3, -0.25) is 9.52 Å². The first-order valence-corrected chi connectivity index (χ1v) is 11.7. The third-order valence-corrected chi connectivity index (χ3v) is 5.95. The van der Waals surface area contributed by atoms with Crippen LogP contribution >= 0.6 is 0 Å². The van der Waals surface area contributed by atoms with Crippen molar-refractivity contribution in [1.29, 1.82) is 0 Å². The molecule has 1 aliphatic carbocycles. The lowest BCUT2D eigenvalue weighted by atomic mass is 9.88. The van der Waals surface area contributed by atoms with Crippen molar-refractivity contribution < 1.29 is 13.2 Å². The zero-order chi connectivity index (χ0) is 20.3. The summed E-state index contributed by atoms with van der Waals surface area (Å²) in [5, 5.41) is 3.12. The van der Waals surface area contributed by atoms with Crippen LogP contribution in [0.2, 0.25) is 0 Å². The van der Waals surface area contributed by atoms with Crippen LogP contribution in [-0.2, 0) is 22.9 Å². The van der Waals surface area contributed by atoms with E-state index < -0.39 is 10.0 Å². The number of sulfonamides is 1. The molecule has 0 aromatic heterocycles. The lowest BCUT2D eigenvalue weighted by Crippen LogP contribution is -2.29. The largest absolute Gasteiger partial charge is 0.345 e. The molecular weight excluding hydrogens is 372 g/mol. The molecule has 0 bridgehead atoms. The van der Waals surface area contributed by atoms with Crippen LogP contribution in [0.5, 0.6) is 0 Å². The molecule has 1 atom stereocenters. The number of nitrogens with one attached hydrogen (secondary N) is 2. The molecule has 3 rings (SSSR count). The summed E-state index contributed by atoms with van der Waals surface area (Å²) < 4.78 is 25.6. The highest BCUT2D eigenvalue weighted by atomic mass is 32.2. The zero-order valence-electron chi connectivity index (χ0n) is 16.7. The second kappa shape index (κ2) is 8.35. The van der Waals surface area contributed by atoms with Crippen LogP contribution in [-0.4, -0.2) is 20.6 Å². The second-order valence-electron chi connectivity index (χ2n) is 7.52. The molecule has 0 radical (unpaired) electrons. The van der Waals surface area contributed by atoms with E-state index in [1.807, 2.05) is 0 Å². The summed E-state index contributed by atoms with van der Waals surface area (Å²) >= 11 is 0. The van der Waals surface area contributed by atoms with Crippen LogP contribution in [0.3, 0.4) is 0 Å². The summed E-state index contributed by atoms with van der Waals surface area (Å²) in [5.41, 5.74) is 5.46. The number of benzene rings is 2. The average Bonchev–Trinajstić information content (AvgIpc) is 2.66. The minimum absolute atomic E-state index is 0.0781. The van der Waals surface area contributed by atoms with Gasteiger partial charge >= 0.3 is 0 Å². The molecule has 1 aliphatic rings. The normalized spacial score (nSPS) is 14.8. The van der Waals surface area contributed by atoms with Gasteiger partial charge in [-0.15, -0.1) is 0 Å². The molecule has 0 aliphatic heterocycles. The van der Waals surface area contributed by atoms with Gasteiger partial charge in [-0.1, -0.05) is 31.2 Å². The van der Waals surface area contributed by atoms with Gasteiger partial charge in [-0.2, -0.15) is 0 Å². The summed E-state index contributed by atoms with van der Waals surface area (Å²) in [5.74, 6) is -0.195. The van der Waals surface area contributed by atoms with Crippen molar-refractivity contribution in [3.05, 3.63) is 64.2 Å². The van der Waals surface area contributed by atoms with E-state index in [0.29, 0.717) is 16.8 Å². The van der Waals surface area contributed by atoms with Crippen molar-refractivity contribution in [2.24, 2.45) is 0 Å². The highest BCUT2D eigenvalue weighted by Crippen LogP contribution is 2.27. The number of hydrogen-bond acceptors (Lipinski definition) is 3. The molecule has 0 spiro atoms. The van der Waals surface area contributed by atoms with E-state index in [2.05, 4.69) is 35.2 Å². The van der Waals surface area contributed by atoms with Crippen LogP contribution in [0.25, 0.3) is 0 Å². The highest BCUT2D eigenvalue weighted by molar-refractivity contribution is 7.92. The number of fused-ring (bicyclic) bond motifs is 1. The Morgan fingerprint density at radius 2 is 1.82 bits per heavy atom. The fourth-order valence-corrected chi connectivity index (χ4v) is 4.44. The number of aryl methyl sites for hydroxylation is 2. The van der Waals surface area contributed by atoms with E-state index in [1.54, 1.807) is 25.1 Å². The van der Waals surface area contributed by atoms with Crippen LogP contribution < -0.4 is 10.0 Å². The number of carbonyl (C=O) groups is 1. The lowest BCUT2D eigenvalue weighted by Gasteiger charge is -2.22. The zero-order valence-corrected chi connectivity index (χ0v) is 17.5. The Kier molecular flexibility index (Phi) is 6.08. The molecule has 0 fully saturated rings. The topological polar surface area (TPSA) is 75.3 Å². The quantitative estimate of drug-likeness (QED) is 0.766. The number of carbonyl (C=O) groups excluding carboxylic acids is 1. The summed E-state index contributed by atoms with van der Waals surface area (Å²) in [4.78, 5) is 12.9. The second-order valence-corrected chi connectivity index (χ2v) is 9.27. The van der Waals surface area contributed by atoms with E-state index in [-0.39, 0.29) is 11.9 Å². The minimum Gasteiger partial charge on any atom is -0.345 e. The molecule has 150 valence electrons. The van der Waals surface area contributed by atoms with Gasteiger partial charge in [-0.05, 0) is 73.4 Å². The van der Waals surface area contributed by atoms with Gasteiger partial charge in [0.1, 0.15) is 0 Å². The number of anilines is 1. The van der Waals surface area contributed by atoms with E-state index in [1.165, 1.54) is 24.0 Å². The summed E-state index contributed by atoms with van der Waals surface area (Å²) in [6.45, 7) is 3.81. The molecule has 2 N–H and O–H groups in total. The van der Waals surface area contributed by atoms with Gasteiger partial charge in [0.25, 0.3) is 5.91 Å². The average molecular weight is 401 g/mol. The van der Waals surface area contributed by atoms with Crippen molar-refractivity contribution in [2.75, 3.05) is 11.0 Å². The molecule has 0 saturated carbocycles. The van der Waals surface area contributed by atoms with Crippen molar-refractivity contribution in [1.82, 2.24) is 5.32 Å². The highest BCUT2D eigenvalue weighted by Gasteiger charge is 2.19. The van der Waals surface area contributed by atoms with Crippen LogP contribution in [0.15, 0.2) is 36.4 Å². The molecule has 1 amide bonds. The van der Waals surface area contributed by atoms with Gasteiger partial charge in [0.15, 0.2) is 0 Å². The minimum atomic E-state index is -3.40. The SMILES string of the molecule is CCC(NC(=O)c1cccc(NS(C)(=O)=O)c1C)c1ccc2c(c1)CCCC2. The first-order chi connectivity index (χ1) is 13.3. The van der Waals surface area contributed by atoms with Gasteiger partial charge in [0.05, 0.1) is 18.0 Å². The number of rotatable bonds is 6.